The van der Waals surface area contributed by atoms with Gasteiger partial charge in [0.25, 0.3) is 5.56 Å². The monoisotopic (exact) mass is 320 g/mol. The average molecular weight is 320 g/mol. The summed E-state index contributed by atoms with van der Waals surface area (Å²) in [5, 5.41) is 17.4. The molecule has 0 radical (unpaired) electrons. The zero-order valence-corrected chi connectivity index (χ0v) is 12.6. The zero-order valence-electron chi connectivity index (χ0n) is 12.6. The Hall–Kier alpha value is -3.48. The molecule has 0 bridgehead atoms. The number of carboxylic acids is 1. The Balaban J connectivity index is 2.17. The van der Waals surface area contributed by atoms with Crippen molar-refractivity contribution in [2.45, 2.75) is 6.92 Å². The number of fused-ring (bicyclic) bond motifs is 3. The summed E-state index contributed by atoms with van der Waals surface area (Å²) in [6.45, 7) is 1.71. The van der Waals surface area contributed by atoms with Crippen molar-refractivity contribution in [2.24, 2.45) is 0 Å². The maximum atomic E-state index is 12.3. The SMILES string of the molecule is Cc1cc2c(cc1C(=O)O)[nH]c(=O)c1nnc(-c3ccccc3)n12. The third-order valence-corrected chi connectivity index (χ3v) is 3.96. The number of aromatic amines is 1. The second kappa shape index (κ2) is 5.02. The molecular formula is C17H12N4O3. The molecule has 4 aromatic rings. The standard InChI is InChI=1S/C17H12N4O3/c1-9-7-13-12(8-11(9)17(23)24)18-16(22)15-20-19-14(21(13)15)10-5-3-2-4-6-10/h2-8H,1H3,(H,18,22)(H,23,24). The molecule has 7 heteroatoms. The molecule has 0 saturated heterocycles. The fourth-order valence-corrected chi connectivity index (χ4v) is 2.82. The van der Waals surface area contributed by atoms with Crippen LogP contribution in [0.2, 0.25) is 0 Å². The van der Waals surface area contributed by atoms with Crippen LogP contribution < -0.4 is 5.56 Å². The third-order valence-electron chi connectivity index (χ3n) is 3.96. The van der Waals surface area contributed by atoms with Gasteiger partial charge in [-0.15, -0.1) is 10.2 Å². The van der Waals surface area contributed by atoms with Crippen LogP contribution in [0.15, 0.2) is 47.3 Å². The van der Waals surface area contributed by atoms with E-state index in [1.807, 2.05) is 30.3 Å². The largest absolute Gasteiger partial charge is 0.478 e. The number of hydrogen-bond donors (Lipinski definition) is 2. The quantitative estimate of drug-likeness (QED) is 0.590. The molecule has 2 heterocycles. The van der Waals surface area contributed by atoms with Gasteiger partial charge in [-0.1, -0.05) is 30.3 Å². The molecule has 7 nitrogen and oxygen atoms in total. The Bertz CT molecular complexity index is 1160. The fraction of sp³-hybridized carbons (Fsp3) is 0.0588. The number of carbonyl (C=O) groups is 1. The smallest absolute Gasteiger partial charge is 0.336 e. The molecule has 0 aliphatic heterocycles. The van der Waals surface area contributed by atoms with Crippen LogP contribution in [0.3, 0.4) is 0 Å². The van der Waals surface area contributed by atoms with Gasteiger partial charge in [-0.25, -0.2) is 4.79 Å². The van der Waals surface area contributed by atoms with Crippen LogP contribution in [-0.2, 0) is 0 Å². The minimum atomic E-state index is -1.04. The first-order valence-electron chi connectivity index (χ1n) is 7.27. The molecule has 0 unspecified atom stereocenters. The van der Waals surface area contributed by atoms with E-state index < -0.39 is 11.5 Å². The van der Waals surface area contributed by atoms with Gasteiger partial charge in [-0.3, -0.25) is 9.20 Å². The summed E-state index contributed by atoms with van der Waals surface area (Å²) >= 11 is 0. The van der Waals surface area contributed by atoms with Crippen LogP contribution in [0.5, 0.6) is 0 Å². The van der Waals surface area contributed by atoms with Gasteiger partial charge in [0.05, 0.1) is 16.6 Å². The first-order chi connectivity index (χ1) is 11.6. The Kier molecular flexibility index (Phi) is 2.96. The number of benzene rings is 2. The van der Waals surface area contributed by atoms with Gasteiger partial charge in [0.15, 0.2) is 5.82 Å². The van der Waals surface area contributed by atoms with Gasteiger partial charge >= 0.3 is 5.97 Å². The summed E-state index contributed by atoms with van der Waals surface area (Å²) in [5.74, 6) is -0.508. The van der Waals surface area contributed by atoms with Gasteiger partial charge in [0.2, 0.25) is 5.65 Å². The van der Waals surface area contributed by atoms with Crippen molar-refractivity contribution in [3.63, 3.8) is 0 Å². The van der Waals surface area contributed by atoms with Crippen LogP contribution in [0.4, 0.5) is 0 Å². The number of aromatic nitrogens is 4. The van der Waals surface area contributed by atoms with Gasteiger partial charge < -0.3 is 10.1 Å². The van der Waals surface area contributed by atoms with E-state index in [4.69, 9.17) is 0 Å². The highest BCUT2D eigenvalue weighted by atomic mass is 16.4. The number of nitrogens with one attached hydrogen (secondary N) is 1. The maximum Gasteiger partial charge on any atom is 0.336 e. The number of aromatic carboxylic acids is 1. The number of hydrogen-bond acceptors (Lipinski definition) is 4. The molecule has 0 amide bonds. The molecule has 0 saturated carbocycles. The highest BCUT2D eigenvalue weighted by Gasteiger charge is 2.16. The van der Waals surface area contributed by atoms with Crippen LogP contribution in [0.25, 0.3) is 28.1 Å². The minimum absolute atomic E-state index is 0.145. The lowest BCUT2D eigenvalue weighted by Gasteiger charge is -2.08. The summed E-state index contributed by atoms with van der Waals surface area (Å²) in [6.07, 6.45) is 0. The van der Waals surface area contributed by atoms with E-state index in [1.165, 1.54) is 6.07 Å². The van der Waals surface area contributed by atoms with E-state index >= 15 is 0 Å². The highest BCUT2D eigenvalue weighted by Crippen LogP contribution is 2.23. The Morgan fingerprint density at radius 3 is 2.62 bits per heavy atom. The van der Waals surface area contributed by atoms with Crippen molar-refractivity contribution in [3.05, 3.63) is 63.9 Å². The molecular weight excluding hydrogens is 308 g/mol. The number of aryl methyl sites for hydroxylation is 1. The molecule has 0 fully saturated rings. The predicted molar refractivity (Wildman–Crippen MR) is 88.2 cm³/mol. The van der Waals surface area contributed by atoms with E-state index in [0.717, 1.165) is 5.56 Å². The summed E-state index contributed by atoms with van der Waals surface area (Å²) in [6, 6.07) is 12.6. The number of carboxylic acid groups (broad SMARTS) is 1. The van der Waals surface area contributed by atoms with E-state index in [2.05, 4.69) is 15.2 Å². The number of rotatable bonds is 2. The molecule has 24 heavy (non-hydrogen) atoms. The number of nitrogens with zero attached hydrogens (tertiary/aromatic N) is 3. The van der Waals surface area contributed by atoms with Crippen molar-refractivity contribution in [1.82, 2.24) is 19.6 Å². The van der Waals surface area contributed by atoms with Crippen molar-refractivity contribution in [2.75, 3.05) is 0 Å². The Morgan fingerprint density at radius 1 is 1.17 bits per heavy atom. The van der Waals surface area contributed by atoms with Crippen LogP contribution in [-0.4, -0.2) is 30.7 Å². The average Bonchev–Trinajstić information content (AvgIpc) is 3.02. The van der Waals surface area contributed by atoms with E-state index in [0.29, 0.717) is 22.4 Å². The third kappa shape index (κ3) is 1.98. The van der Waals surface area contributed by atoms with Gasteiger partial charge in [0, 0.05) is 5.56 Å². The first kappa shape index (κ1) is 14.1. The van der Waals surface area contributed by atoms with E-state index in [9.17, 15) is 14.7 Å². The predicted octanol–water partition coefficient (Wildman–Crippen LogP) is 2.24. The highest BCUT2D eigenvalue weighted by molar-refractivity contribution is 5.94. The van der Waals surface area contributed by atoms with Gasteiger partial charge in [0.1, 0.15) is 0 Å². The summed E-state index contributed by atoms with van der Waals surface area (Å²) < 4.78 is 1.65. The second-order valence-corrected chi connectivity index (χ2v) is 5.49. The van der Waals surface area contributed by atoms with Crippen molar-refractivity contribution in [3.8, 4) is 11.4 Å². The van der Waals surface area contributed by atoms with E-state index in [-0.39, 0.29) is 11.2 Å². The number of H-pyrrole nitrogens is 1. The minimum Gasteiger partial charge on any atom is -0.478 e. The summed E-state index contributed by atoms with van der Waals surface area (Å²) in [5.41, 5.74) is 2.38. The van der Waals surface area contributed by atoms with Crippen LogP contribution in [0, 0.1) is 6.92 Å². The molecule has 0 aliphatic rings. The molecule has 0 aliphatic carbocycles. The lowest BCUT2D eigenvalue weighted by molar-refractivity contribution is 0.0696. The van der Waals surface area contributed by atoms with Crippen LogP contribution in [0.1, 0.15) is 15.9 Å². The second-order valence-electron chi connectivity index (χ2n) is 5.49. The fourth-order valence-electron chi connectivity index (χ4n) is 2.82. The lowest BCUT2D eigenvalue weighted by Crippen LogP contribution is -2.12. The molecule has 0 spiro atoms. The molecule has 0 atom stereocenters. The van der Waals surface area contributed by atoms with Crippen molar-refractivity contribution >= 4 is 22.6 Å². The van der Waals surface area contributed by atoms with Gasteiger partial charge in [-0.05, 0) is 24.6 Å². The van der Waals surface area contributed by atoms with Crippen molar-refractivity contribution < 1.29 is 9.90 Å². The maximum absolute atomic E-state index is 12.3. The molecule has 2 N–H and O–H groups in total. The molecule has 2 aromatic heterocycles. The van der Waals surface area contributed by atoms with Crippen molar-refractivity contribution in [1.29, 1.82) is 0 Å². The first-order valence-corrected chi connectivity index (χ1v) is 7.27. The summed E-state index contributed by atoms with van der Waals surface area (Å²) in [4.78, 5) is 26.3. The normalized spacial score (nSPS) is 11.2. The summed E-state index contributed by atoms with van der Waals surface area (Å²) in [7, 11) is 0. The Morgan fingerprint density at radius 2 is 1.92 bits per heavy atom. The zero-order chi connectivity index (χ0) is 16.8. The van der Waals surface area contributed by atoms with Gasteiger partial charge in [-0.2, -0.15) is 0 Å². The topological polar surface area (TPSA) is 100 Å². The van der Waals surface area contributed by atoms with E-state index in [1.54, 1.807) is 17.4 Å². The Labute approximate surface area is 135 Å². The molecule has 118 valence electrons. The van der Waals surface area contributed by atoms with Crippen LogP contribution >= 0.6 is 0 Å². The lowest BCUT2D eigenvalue weighted by atomic mass is 10.1. The molecule has 2 aromatic carbocycles. The molecule has 4 rings (SSSR count).